The molecule has 52 heavy (non-hydrogen) atoms. The van der Waals surface area contributed by atoms with Crippen molar-refractivity contribution in [1.82, 2.24) is 25.0 Å². The fourth-order valence-corrected chi connectivity index (χ4v) is 9.50. The van der Waals surface area contributed by atoms with Gasteiger partial charge in [0.1, 0.15) is 12.1 Å². The quantitative estimate of drug-likeness (QED) is 0.237. The number of benzene rings is 2. The SMILES string of the molecule is CCCCCCCC.CN1C[C@H](C(=O)N[C@]2(C)O[C@@]3(O)[C@@H]4CCCN4C(=O)[C@H](Cc4ccccc4)N3C2=O)C[C@@H]2c3cccc4[nH]cc(c34)C[C@H]21.Cl. The Morgan fingerprint density at radius 2 is 1.77 bits per heavy atom. The molecular weight excluding hydrogens is 678 g/mol. The normalized spacial score (nSPS) is 30.6. The minimum atomic E-state index is -2.03. The van der Waals surface area contributed by atoms with Crippen molar-refractivity contribution >= 4 is 41.0 Å². The number of nitrogens with one attached hydrogen (secondary N) is 2. The standard InChI is InChI=1S/C33H37N5O5.C8H18.ClH/c1-32(35-29(39)21-15-23-22-10-6-11-24-28(22)20(17-34-24)16-25(23)36(2)18-21)31(41)38-26(14-19-8-4-3-5-9-19)30(40)37-13-7-12-27(37)33(38,42)43-32;1-3-5-7-8-6-4-2;/h3-6,8-11,17,21,23,25-27,34,42H,7,12-16,18H2,1-2H3,(H,35,39);3-8H2,1-2H3;1H/t21-,23-,25-,26+,27+,32-,33+;;/m1../s1. The molecule has 3 amide bonds. The fourth-order valence-electron chi connectivity index (χ4n) is 9.50. The average Bonchev–Trinajstić information content (AvgIpc) is 3.84. The number of nitrogens with zero attached hydrogens (tertiary/aromatic N) is 3. The maximum absolute atomic E-state index is 14.2. The van der Waals surface area contributed by atoms with Gasteiger partial charge in [0.25, 0.3) is 11.8 Å². The van der Waals surface area contributed by atoms with Crippen LogP contribution in [0, 0.1) is 5.92 Å². The van der Waals surface area contributed by atoms with Crippen molar-refractivity contribution < 1.29 is 24.2 Å². The molecule has 1 aromatic heterocycles. The highest BCUT2D eigenvalue weighted by Crippen LogP contribution is 2.47. The molecule has 0 radical (unpaired) electrons. The number of unbranched alkanes of at least 4 members (excludes halogenated alkanes) is 5. The van der Waals surface area contributed by atoms with Crippen molar-refractivity contribution in [3.05, 3.63) is 71.4 Å². The number of rotatable bonds is 9. The van der Waals surface area contributed by atoms with Crippen molar-refractivity contribution in [2.75, 3.05) is 20.1 Å². The summed E-state index contributed by atoms with van der Waals surface area (Å²) in [5.74, 6) is -3.31. The second-order valence-corrected chi connectivity index (χ2v) is 15.6. The number of aromatic nitrogens is 1. The van der Waals surface area contributed by atoms with Gasteiger partial charge in [-0.3, -0.25) is 24.0 Å². The molecule has 5 heterocycles. The highest BCUT2D eigenvalue weighted by molar-refractivity contribution is 5.97. The molecule has 0 saturated carbocycles. The molecule has 0 unspecified atom stereocenters. The van der Waals surface area contributed by atoms with E-state index in [1.54, 1.807) is 4.90 Å². The van der Waals surface area contributed by atoms with E-state index in [0.29, 0.717) is 32.4 Å². The molecule has 3 N–H and O–H groups in total. The number of likely N-dealkylation sites (N-methyl/N-ethyl adjacent to an activating group) is 1. The van der Waals surface area contributed by atoms with Gasteiger partial charge in [-0.05, 0) is 62.4 Å². The van der Waals surface area contributed by atoms with Gasteiger partial charge < -0.3 is 25.2 Å². The summed E-state index contributed by atoms with van der Waals surface area (Å²) in [6, 6.07) is 14.4. The van der Waals surface area contributed by atoms with Crippen LogP contribution in [0.4, 0.5) is 0 Å². The van der Waals surface area contributed by atoms with Gasteiger partial charge in [-0.25, -0.2) is 0 Å². The van der Waals surface area contributed by atoms with Gasteiger partial charge in [-0.15, -0.1) is 12.4 Å². The molecule has 7 atom stereocenters. The second-order valence-electron chi connectivity index (χ2n) is 15.6. The average molecular weight is 734 g/mol. The van der Waals surface area contributed by atoms with Crippen LogP contribution in [0.1, 0.15) is 101 Å². The molecule has 10 nitrogen and oxygen atoms in total. The topological polar surface area (TPSA) is 118 Å². The number of hydrogen-bond donors (Lipinski definition) is 3. The Bertz CT molecular complexity index is 1750. The molecule has 4 aliphatic heterocycles. The van der Waals surface area contributed by atoms with E-state index < -0.39 is 29.6 Å². The molecule has 1 aliphatic carbocycles. The zero-order valence-electron chi connectivity index (χ0n) is 31.1. The molecule has 0 bridgehead atoms. The lowest BCUT2D eigenvalue weighted by molar-refractivity contribution is -0.315. The summed E-state index contributed by atoms with van der Waals surface area (Å²) in [6.07, 6.45) is 13.6. The molecule has 11 heteroatoms. The number of aromatic amines is 1. The number of carbonyl (C=O) groups is 3. The number of hydrogen-bond acceptors (Lipinski definition) is 6. The number of H-pyrrole nitrogens is 1. The van der Waals surface area contributed by atoms with E-state index in [-0.39, 0.29) is 48.5 Å². The van der Waals surface area contributed by atoms with Crippen LogP contribution < -0.4 is 5.32 Å². The molecule has 5 aliphatic rings. The maximum atomic E-state index is 14.2. The Kier molecular flexibility index (Phi) is 11.4. The van der Waals surface area contributed by atoms with E-state index in [4.69, 9.17) is 4.74 Å². The summed E-state index contributed by atoms with van der Waals surface area (Å²) >= 11 is 0. The maximum Gasteiger partial charge on any atom is 0.280 e. The number of halogens is 1. The first-order valence-electron chi connectivity index (χ1n) is 19.3. The first-order chi connectivity index (χ1) is 24.6. The van der Waals surface area contributed by atoms with Crippen molar-refractivity contribution in [1.29, 1.82) is 0 Å². The molecule has 282 valence electrons. The molecule has 4 fully saturated rings. The third-order valence-electron chi connectivity index (χ3n) is 12.1. The largest absolute Gasteiger partial charge is 0.361 e. The monoisotopic (exact) mass is 733 g/mol. The van der Waals surface area contributed by atoms with Crippen molar-refractivity contribution in [3.63, 3.8) is 0 Å². The number of piperazine rings is 1. The third-order valence-corrected chi connectivity index (χ3v) is 12.1. The molecule has 2 aromatic carbocycles. The van der Waals surface area contributed by atoms with E-state index >= 15 is 0 Å². The van der Waals surface area contributed by atoms with E-state index in [0.717, 1.165) is 17.5 Å². The molecule has 4 saturated heterocycles. The van der Waals surface area contributed by atoms with E-state index in [9.17, 15) is 19.5 Å². The van der Waals surface area contributed by atoms with Crippen LogP contribution in [0.3, 0.4) is 0 Å². The van der Waals surface area contributed by atoms with Crippen molar-refractivity contribution in [2.45, 2.75) is 127 Å². The Morgan fingerprint density at radius 1 is 1.04 bits per heavy atom. The molecular formula is C41H56ClN5O5. The van der Waals surface area contributed by atoms with E-state index in [1.807, 2.05) is 30.3 Å². The van der Waals surface area contributed by atoms with Gasteiger partial charge in [-0.2, -0.15) is 0 Å². The summed E-state index contributed by atoms with van der Waals surface area (Å²) in [5.41, 5.74) is 2.74. The zero-order valence-corrected chi connectivity index (χ0v) is 31.9. The van der Waals surface area contributed by atoms with Crippen LogP contribution in [-0.2, 0) is 32.0 Å². The van der Waals surface area contributed by atoms with Gasteiger partial charge in [0, 0.05) is 48.6 Å². The van der Waals surface area contributed by atoms with Gasteiger partial charge in [-0.1, -0.05) is 94.8 Å². The summed E-state index contributed by atoms with van der Waals surface area (Å²) in [7, 11) is 2.06. The van der Waals surface area contributed by atoms with Crippen LogP contribution in [0.15, 0.2) is 54.7 Å². The highest BCUT2D eigenvalue weighted by atomic mass is 35.5. The summed E-state index contributed by atoms with van der Waals surface area (Å²) in [5, 5.41) is 16.2. The first kappa shape index (κ1) is 38.3. The Balaban J connectivity index is 0.000000465. The predicted octanol–water partition coefficient (Wildman–Crippen LogP) is 5.87. The smallest absolute Gasteiger partial charge is 0.280 e. The Morgan fingerprint density at radius 3 is 2.48 bits per heavy atom. The number of amides is 3. The van der Waals surface area contributed by atoms with E-state index in [1.165, 1.54) is 66.9 Å². The fraction of sp³-hybridized carbons (Fsp3) is 0.585. The van der Waals surface area contributed by atoms with Gasteiger partial charge >= 0.3 is 0 Å². The molecule has 0 spiro atoms. The second kappa shape index (κ2) is 15.5. The highest BCUT2D eigenvalue weighted by Gasteiger charge is 2.70. The number of ether oxygens (including phenoxy) is 1. The molecule has 3 aromatic rings. The minimum absolute atomic E-state index is 0. The van der Waals surface area contributed by atoms with Gasteiger partial charge in [0.2, 0.25) is 17.5 Å². The Hall–Kier alpha value is -3.44. The summed E-state index contributed by atoms with van der Waals surface area (Å²) < 4.78 is 6.25. The zero-order chi connectivity index (χ0) is 35.9. The van der Waals surface area contributed by atoms with Crippen LogP contribution in [0.2, 0.25) is 0 Å². The number of piperidine rings is 1. The lowest BCUT2D eigenvalue weighted by Crippen LogP contribution is -2.71. The van der Waals surface area contributed by atoms with Crippen molar-refractivity contribution in [2.24, 2.45) is 5.92 Å². The minimum Gasteiger partial charge on any atom is -0.361 e. The summed E-state index contributed by atoms with van der Waals surface area (Å²) in [4.78, 5) is 50.4. The predicted molar refractivity (Wildman–Crippen MR) is 204 cm³/mol. The lowest BCUT2D eigenvalue weighted by Gasteiger charge is -2.48. The number of likely N-dealkylation sites (tertiary alicyclic amines) is 1. The van der Waals surface area contributed by atoms with Crippen LogP contribution in [0.5, 0.6) is 0 Å². The van der Waals surface area contributed by atoms with E-state index in [2.05, 4.69) is 60.5 Å². The van der Waals surface area contributed by atoms with Gasteiger partial charge in [0.05, 0.1) is 5.92 Å². The van der Waals surface area contributed by atoms with Crippen molar-refractivity contribution in [3.8, 4) is 0 Å². The first-order valence-corrected chi connectivity index (χ1v) is 19.3. The van der Waals surface area contributed by atoms with Crippen LogP contribution in [0.25, 0.3) is 10.9 Å². The number of fused-ring (bicyclic) bond motifs is 5. The lowest BCUT2D eigenvalue weighted by atomic mass is 9.72. The molecule has 8 rings (SSSR count). The third kappa shape index (κ3) is 6.76. The summed E-state index contributed by atoms with van der Waals surface area (Å²) in [6.45, 7) is 7.07. The van der Waals surface area contributed by atoms with Crippen LogP contribution >= 0.6 is 12.4 Å². The number of aliphatic hydroxyl groups is 1. The van der Waals surface area contributed by atoms with Crippen LogP contribution in [-0.4, -0.2) is 92.4 Å². The number of carbonyl (C=O) groups excluding carboxylic acids is 3. The Labute approximate surface area is 314 Å². The van der Waals surface area contributed by atoms with Gasteiger partial charge in [0.15, 0.2) is 0 Å².